The van der Waals surface area contributed by atoms with Crippen molar-refractivity contribution in [1.29, 1.82) is 0 Å². The van der Waals surface area contributed by atoms with Crippen molar-refractivity contribution in [3.05, 3.63) is 157 Å². The lowest BCUT2D eigenvalue weighted by atomic mass is 9.82. The van der Waals surface area contributed by atoms with Crippen LogP contribution in [0.2, 0.25) is 0 Å². The number of hydrogen-bond donors (Lipinski definition) is 1. The van der Waals surface area contributed by atoms with Crippen molar-refractivity contribution < 1.29 is 5.11 Å². The number of fused-ring (bicyclic) bond motifs is 4. The lowest BCUT2D eigenvalue weighted by Crippen LogP contribution is -2.12. The summed E-state index contributed by atoms with van der Waals surface area (Å²) in [5.74, 6) is 0.945. The molecule has 0 aliphatic rings. The Kier molecular flexibility index (Phi) is 8.24. The first kappa shape index (κ1) is 35.3. The summed E-state index contributed by atoms with van der Waals surface area (Å²) in [5, 5.41) is 13.3. The van der Waals surface area contributed by atoms with Crippen LogP contribution in [0.3, 0.4) is 0 Å². The van der Waals surface area contributed by atoms with Crippen molar-refractivity contribution in [2.24, 2.45) is 7.05 Å². The lowest BCUT2D eigenvalue weighted by molar-refractivity contribution is 0.476. The van der Waals surface area contributed by atoms with E-state index in [0.717, 1.165) is 56.1 Å². The minimum Gasteiger partial charge on any atom is -0.507 e. The van der Waals surface area contributed by atoms with Gasteiger partial charge in [-0.2, -0.15) is 0 Å². The number of phenols is 1. The number of imidazole rings is 1. The van der Waals surface area contributed by atoms with E-state index in [4.69, 9.17) is 9.97 Å². The Morgan fingerprint density at radius 1 is 0.536 bits per heavy atom. The summed E-state index contributed by atoms with van der Waals surface area (Å²) in [6, 6.07) is 49.2. The van der Waals surface area contributed by atoms with E-state index in [2.05, 4.69) is 166 Å². The normalized spacial score (nSPS) is 12.3. The smallest absolute Gasteiger partial charge is 0.144 e. The number of pyridine rings is 1. The van der Waals surface area contributed by atoms with Gasteiger partial charge in [0, 0.05) is 46.4 Å². The minimum absolute atomic E-state index is 0.105. The molecule has 0 amide bonds. The summed E-state index contributed by atoms with van der Waals surface area (Å²) in [6.07, 6.45) is 1.94. The van der Waals surface area contributed by atoms with Crippen molar-refractivity contribution in [3.63, 3.8) is 0 Å². The maximum absolute atomic E-state index is 10.9. The first-order chi connectivity index (χ1) is 26.9. The highest BCUT2D eigenvalue weighted by atomic mass is 16.3. The standard InChI is InChI=1S/C51H46N4O/c1-50(2,3)35-27-33(42-30-36(51(4,5)6)31-45-47(42)53-49(54(45)7)41-19-12-14-23-46(41)56)26-34(28-35)43-29-32(24-25-52-43)38-20-15-21-40-39-18-11-13-22-44(39)55(48(38)40)37-16-9-8-10-17-37/h8-31,56H,1-7H3. The fourth-order valence-corrected chi connectivity index (χ4v) is 8.06. The van der Waals surface area contributed by atoms with Gasteiger partial charge >= 0.3 is 0 Å². The van der Waals surface area contributed by atoms with E-state index in [0.29, 0.717) is 5.56 Å². The summed E-state index contributed by atoms with van der Waals surface area (Å²) in [6.45, 7) is 13.6. The predicted octanol–water partition coefficient (Wildman–Crippen LogP) is 13.0. The maximum Gasteiger partial charge on any atom is 0.144 e. The molecule has 3 heterocycles. The van der Waals surface area contributed by atoms with Crippen LogP contribution in [-0.4, -0.2) is 24.2 Å². The zero-order chi connectivity index (χ0) is 38.9. The molecule has 3 aromatic heterocycles. The van der Waals surface area contributed by atoms with Crippen LogP contribution in [0.25, 0.3) is 83.4 Å². The first-order valence-corrected chi connectivity index (χ1v) is 19.4. The molecular weight excluding hydrogens is 685 g/mol. The van der Waals surface area contributed by atoms with Crippen LogP contribution in [0.1, 0.15) is 52.7 Å². The molecule has 1 N–H and O–H groups in total. The lowest BCUT2D eigenvalue weighted by Gasteiger charge is -2.23. The Morgan fingerprint density at radius 3 is 1.96 bits per heavy atom. The van der Waals surface area contributed by atoms with E-state index >= 15 is 0 Å². The monoisotopic (exact) mass is 730 g/mol. The van der Waals surface area contributed by atoms with Crippen LogP contribution >= 0.6 is 0 Å². The fourth-order valence-electron chi connectivity index (χ4n) is 8.06. The van der Waals surface area contributed by atoms with Gasteiger partial charge in [-0.3, -0.25) is 4.98 Å². The highest BCUT2D eigenvalue weighted by molar-refractivity contribution is 6.14. The van der Waals surface area contributed by atoms with Gasteiger partial charge in [-0.15, -0.1) is 0 Å². The van der Waals surface area contributed by atoms with Gasteiger partial charge in [-0.1, -0.05) is 114 Å². The first-order valence-electron chi connectivity index (χ1n) is 19.4. The third kappa shape index (κ3) is 5.95. The van der Waals surface area contributed by atoms with Crippen LogP contribution in [0, 0.1) is 0 Å². The van der Waals surface area contributed by atoms with Gasteiger partial charge in [0.1, 0.15) is 11.6 Å². The number of aromatic hydroxyl groups is 1. The number of rotatable bonds is 5. The molecular formula is C51H46N4O. The number of para-hydroxylation sites is 4. The van der Waals surface area contributed by atoms with E-state index in [1.807, 2.05) is 31.4 Å². The van der Waals surface area contributed by atoms with Crippen molar-refractivity contribution in [2.75, 3.05) is 0 Å². The highest BCUT2D eigenvalue weighted by Crippen LogP contribution is 2.42. The third-order valence-electron chi connectivity index (χ3n) is 11.2. The highest BCUT2D eigenvalue weighted by Gasteiger charge is 2.24. The fraction of sp³-hybridized carbons (Fsp3) is 0.176. The molecule has 0 radical (unpaired) electrons. The molecule has 0 atom stereocenters. The van der Waals surface area contributed by atoms with Gasteiger partial charge in [0.2, 0.25) is 0 Å². The van der Waals surface area contributed by atoms with E-state index < -0.39 is 0 Å². The second kappa shape index (κ2) is 13.1. The third-order valence-corrected chi connectivity index (χ3v) is 11.2. The Balaban J connectivity index is 1.27. The molecule has 5 heteroatoms. The van der Waals surface area contributed by atoms with Gasteiger partial charge in [-0.25, -0.2) is 4.98 Å². The number of phenolic OH excluding ortho intramolecular Hbond substituents is 1. The maximum atomic E-state index is 10.9. The molecule has 0 spiro atoms. The quantitative estimate of drug-likeness (QED) is 0.192. The Hall–Kier alpha value is -6.46. The molecule has 5 nitrogen and oxygen atoms in total. The number of nitrogens with zero attached hydrogens (tertiary/aromatic N) is 4. The van der Waals surface area contributed by atoms with Crippen molar-refractivity contribution in [2.45, 2.75) is 52.4 Å². The molecule has 9 rings (SSSR count). The van der Waals surface area contributed by atoms with Crippen molar-refractivity contribution >= 4 is 32.8 Å². The Morgan fingerprint density at radius 2 is 1.20 bits per heavy atom. The van der Waals surface area contributed by atoms with Crippen molar-refractivity contribution in [1.82, 2.24) is 19.1 Å². The Labute approximate surface area is 328 Å². The molecule has 0 saturated heterocycles. The average Bonchev–Trinajstić information content (AvgIpc) is 3.72. The summed E-state index contributed by atoms with van der Waals surface area (Å²) in [7, 11) is 2.04. The van der Waals surface area contributed by atoms with Gasteiger partial charge in [-0.05, 0) is 99.8 Å². The SMILES string of the molecule is Cn1c(-c2ccccc2O)nc2c(-c3cc(-c4cc(-c5cccc6c7ccccc7n(-c7ccccc7)c56)ccn4)cc(C(C)(C)C)c3)cc(C(C)(C)C)cc21. The molecule has 56 heavy (non-hydrogen) atoms. The second-order valence-electron chi connectivity index (χ2n) is 17.0. The number of aromatic nitrogens is 4. The zero-order valence-corrected chi connectivity index (χ0v) is 33.1. The van der Waals surface area contributed by atoms with Gasteiger partial charge in [0.05, 0.1) is 33.3 Å². The van der Waals surface area contributed by atoms with E-state index in [1.54, 1.807) is 6.07 Å². The summed E-state index contributed by atoms with van der Waals surface area (Å²) in [5.41, 5.74) is 14.7. The van der Waals surface area contributed by atoms with Crippen molar-refractivity contribution in [3.8, 4) is 56.3 Å². The molecule has 276 valence electrons. The topological polar surface area (TPSA) is 55.9 Å². The van der Waals surface area contributed by atoms with Gasteiger partial charge in [0.15, 0.2) is 0 Å². The van der Waals surface area contributed by atoms with Crippen LogP contribution in [-0.2, 0) is 17.9 Å². The van der Waals surface area contributed by atoms with Gasteiger partial charge < -0.3 is 14.2 Å². The van der Waals surface area contributed by atoms with Crippen LogP contribution in [0.4, 0.5) is 0 Å². The number of aryl methyl sites for hydroxylation is 1. The van der Waals surface area contributed by atoms with Crippen LogP contribution in [0.15, 0.2) is 146 Å². The zero-order valence-electron chi connectivity index (χ0n) is 33.1. The van der Waals surface area contributed by atoms with Crippen LogP contribution < -0.4 is 0 Å². The molecule has 0 aliphatic heterocycles. The summed E-state index contributed by atoms with van der Waals surface area (Å²) in [4.78, 5) is 10.3. The average molecular weight is 731 g/mol. The molecule has 0 aliphatic carbocycles. The molecule has 9 aromatic rings. The molecule has 0 unspecified atom stereocenters. The number of benzene rings is 6. The second-order valence-corrected chi connectivity index (χ2v) is 17.0. The largest absolute Gasteiger partial charge is 0.507 e. The number of hydrogen-bond acceptors (Lipinski definition) is 3. The molecule has 0 fully saturated rings. The molecule has 0 saturated carbocycles. The van der Waals surface area contributed by atoms with E-state index in [1.165, 1.54) is 32.9 Å². The van der Waals surface area contributed by atoms with E-state index in [-0.39, 0.29) is 16.6 Å². The molecule has 6 aromatic carbocycles. The summed E-state index contributed by atoms with van der Waals surface area (Å²) >= 11 is 0. The minimum atomic E-state index is -0.129. The Bertz CT molecular complexity index is 2950. The van der Waals surface area contributed by atoms with Crippen LogP contribution in [0.5, 0.6) is 5.75 Å². The predicted molar refractivity (Wildman–Crippen MR) is 234 cm³/mol. The summed E-state index contributed by atoms with van der Waals surface area (Å²) < 4.78 is 4.50. The molecule has 0 bridgehead atoms. The van der Waals surface area contributed by atoms with Gasteiger partial charge in [0.25, 0.3) is 0 Å². The van der Waals surface area contributed by atoms with E-state index in [9.17, 15) is 5.11 Å².